The summed E-state index contributed by atoms with van der Waals surface area (Å²) in [5.41, 5.74) is 0.703. The van der Waals surface area contributed by atoms with Gasteiger partial charge in [0.15, 0.2) is 0 Å². The molecule has 1 aromatic heterocycles. The third kappa shape index (κ3) is 3.23. The lowest BCUT2D eigenvalue weighted by Gasteiger charge is -2.13. The summed E-state index contributed by atoms with van der Waals surface area (Å²) in [6.07, 6.45) is 0. The SMILES string of the molecule is C[C@@H](NS(=O)(=O)c1cccc(Cl)c1Cl)c1cc2ccccc2o1. The molecule has 0 saturated heterocycles. The Morgan fingerprint density at radius 2 is 1.83 bits per heavy atom. The van der Waals surface area contributed by atoms with E-state index in [1.807, 2.05) is 30.3 Å². The van der Waals surface area contributed by atoms with Crippen LogP contribution in [-0.4, -0.2) is 8.42 Å². The maximum absolute atomic E-state index is 12.5. The van der Waals surface area contributed by atoms with Crippen LogP contribution in [0.25, 0.3) is 11.0 Å². The molecule has 1 heterocycles. The number of para-hydroxylation sites is 1. The molecule has 0 aliphatic carbocycles. The highest BCUT2D eigenvalue weighted by atomic mass is 35.5. The lowest BCUT2D eigenvalue weighted by atomic mass is 10.2. The largest absolute Gasteiger partial charge is 0.459 e. The van der Waals surface area contributed by atoms with Gasteiger partial charge in [0, 0.05) is 5.39 Å². The van der Waals surface area contributed by atoms with Gasteiger partial charge in [-0.1, -0.05) is 47.5 Å². The van der Waals surface area contributed by atoms with Crippen molar-refractivity contribution in [3.63, 3.8) is 0 Å². The van der Waals surface area contributed by atoms with Crippen molar-refractivity contribution >= 4 is 44.2 Å². The van der Waals surface area contributed by atoms with Crippen molar-refractivity contribution in [2.75, 3.05) is 0 Å². The van der Waals surface area contributed by atoms with Crippen LogP contribution < -0.4 is 4.72 Å². The second-order valence-electron chi connectivity index (χ2n) is 5.08. The van der Waals surface area contributed by atoms with Gasteiger partial charge in [-0.25, -0.2) is 13.1 Å². The average molecular weight is 370 g/mol. The summed E-state index contributed by atoms with van der Waals surface area (Å²) in [7, 11) is -3.82. The van der Waals surface area contributed by atoms with Gasteiger partial charge in [0.05, 0.1) is 16.1 Å². The quantitative estimate of drug-likeness (QED) is 0.719. The van der Waals surface area contributed by atoms with Gasteiger partial charge in [-0.15, -0.1) is 0 Å². The first-order valence-corrected chi connectivity index (χ1v) is 9.07. The zero-order valence-electron chi connectivity index (χ0n) is 12.1. The second kappa shape index (κ2) is 6.17. The van der Waals surface area contributed by atoms with E-state index >= 15 is 0 Å². The monoisotopic (exact) mass is 369 g/mol. The summed E-state index contributed by atoms with van der Waals surface area (Å²) in [5.74, 6) is 0.521. The third-order valence-electron chi connectivity index (χ3n) is 3.41. The summed E-state index contributed by atoms with van der Waals surface area (Å²) in [6.45, 7) is 1.70. The predicted octanol–water partition coefficient (Wildman–Crippen LogP) is 4.78. The summed E-state index contributed by atoms with van der Waals surface area (Å²) >= 11 is 11.9. The van der Waals surface area contributed by atoms with Gasteiger partial charge in [0.2, 0.25) is 10.0 Å². The van der Waals surface area contributed by atoms with E-state index in [1.165, 1.54) is 18.2 Å². The molecule has 0 radical (unpaired) electrons. The number of nitrogens with one attached hydrogen (secondary N) is 1. The van der Waals surface area contributed by atoms with Crippen molar-refractivity contribution in [2.24, 2.45) is 0 Å². The molecular formula is C16H13Cl2NO3S. The molecule has 2 aromatic carbocycles. The van der Waals surface area contributed by atoms with Crippen molar-refractivity contribution in [3.8, 4) is 0 Å². The van der Waals surface area contributed by atoms with Crippen molar-refractivity contribution in [2.45, 2.75) is 17.9 Å². The minimum absolute atomic E-state index is 0.00141. The lowest BCUT2D eigenvalue weighted by molar-refractivity contribution is 0.484. The van der Waals surface area contributed by atoms with Crippen molar-refractivity contribution < 1.29 is 12.8 Å². The molecule has 7 heteroatoms. The molecule has 0 bridgehead atoms. The van der Waals surface area contributed by atoms with Crippen molar-refractivity contribution in [1.82, 2.24) is 4.72 Å². The molecule has 1 atom stereocenters. The Bertz CT molecular complexity index is 933. The van der Waals surface area contributed by atoms with Crippen LogP contribution in [0, 0.1) is 0 Å². The minimum Gasteiger partial charge on any atom is -0.459 e. The Morgan fingerprint density at radius 1 is 1.09 bits per heavy atom. The average Bonchev–Trinajstić information content (AvgIpc) is 2.93. The standard InChI is InChI=1S/C16H13Cl2NO3S/c1-10(14-9-11-5-2-3-7-13(11)22-14)19-23(20,21)15-8-4-6-12(17)16(15)18/h2-10,19H,1H3/t10-/m1/s1. The Labute approximate surface area is 144 Å². The highest BCUT2D eigenvalue weighted by Gasteiger charge is 2.23. The van der Waals surface area contributed by atoms with E-state index in [1.54, 1.807) is 6.92 Å². The minimum atomic E-state index is -3.82. The molecule has 120 valence electrons. The van der Waals surface area contributed by atoms with E-state index in [0.717, 1.165) is 5.39 Å². The van der Waals surface area contributed by atoms with Crippen LogP contribution in [0.5, 0.6) is 0 Å². The van der Waals surface area contributed by atoms with E-state index < -0.39 is 16.1 Å². The molecule has 23 heavy (non-hydrogen) atoms. The van der Waals surface area contributed by atoms with Gasteiger partial charge in [-0.3, -0.25) is 0 Å². The molecule has 0 fully saturated rings. The van der Waals surface area contributed by atoms with Gasteiger partial charge in [0.25, 0.3) is 0 Å². The first kappa shape index (κ1) is 16.3. The van der Waals surface area contributed by atoms with E-state index in [-0.39, 0.29) is 14.9 Å². The maximum Gasteiger partial charge on any atom is 0.242 e. The van der Waals surface area contributed by atoms with Crippen LogP contribution >= 0.6 is 23.2 Å². The zero-order chi connectivity index (χ0) is 16.6. The van der Waals surface area contributed by atoms with Crippen LogP contribution in [0.3, 0.4) is 0 Å². The summed E-state index contributed by atoms with van der Waals surface area (Å²) in [6, 6.07) is 13.2. The molecule has 4 nitrogen and oxygen atoms in total. The van der Waals surface area contributed by atoms with E-state index in [9.17, 15) is 8.42 Å². The number of furan rings is 1. The van der Waals surface area contributed by atoms with Gasteiger partial charge in [0.1, 0.15) is 16.2 Å². The van der Waals surface area contributed by atoms with Crippen LogP contribution in [0.2, 0.25) is 10.0 Å². The maximum atomic E-state index is 12.5. The molecule has 0 unspecified atom stereocenters. The second-order valence-corrected chi connectivity index (χ2v) is 7.55. The fraction of sp³-hybridized carbons (Fsp3) is 0.125. The Hall–Kier alpha value is -1.53. The van der Waals surface area contributed by atoms with E-state index in [4.69, 9.17) is 27.6 Å². The number of fused-ring (bicyclic) bond motifs is 1. The van der Waals surface area contributed by atoms with Gasteiger partial charge >= 0.3 is 0 Å². The van der Waals surface area contributed by atoms with Crippen LogP contribution in [0.15, 0.2) is 57.8 Å². The zero-order valence-corrected chi connectivity index (χ0v) is 14.4. The molecule has 0 spiro atoms. The first-order valence-electron chi connectivity index (χ1n) is 6.83. The molecular weight excluding hydrogens is 357 g/mol. The molecule has 0 saturated carbocycles. The fourth-order valence-corrected chi connectivity index (χ4v) is 4.24. The first-order chi connectivity index (χ1) is 10.9. The van der Waals surface area contributed by atoms with Gasteiger partial charge < -0.3 is 4.42 Å². The third-order valence-corrected chi connectivity index (χ3v) is 5.92. The van der Waals surface area contributed by atoms with Crippen molar-refractivity contribution in [1.29, 1.82) is 0 Å². The van der Waals surface area contributed by atoms with Gasteiger partial charge in [-0.2, -0.15) is 0 Å². The number of halogens is 2. The van der Waals surface area contributed by atoms with E-state index in [0.29, 0.717) is 11.3 Å². The topological polar surface area (TPSA) is 59.3 Å². The molecule has 1 N–H and O–H groups in total. The van der Waals surface area contributed by atoms with E-state index in [2.05, 4.69) is 4.72 Å². The number of hydrogen-bond donors (Lipinski definition) is 1. The summed E-state index contributed by atoms with van der Waals surface area (Å²) in [5, 5.41) is 1.10. The van der Waals surface area contributed by atoms with Gasteiger partial charge in [-0.05, 0) is 31.2 Å². The normalized spacial score (nSPS) is 13.3. The summed E-state index contributed by atoms with van der Waals surface area (Å²) < 4.78 is 33.2. The summed E-state index contributed by atoms with van der Waals surface area (Å²) in [4.78, 5) is -0.0605. The number of hydrogen-bond acceptors (Lipinski definition) is 3. The van der Waals surface area contributed by atoms with Crippen LogP contribution in [-0.2, 0) is 10.0 Å². The molecule has 0 amide bonds. The van der Waals surface area contributed by atoms with Crippen molar-refractivity contribution in [3.05, 3.63) is 64.3 Å². The highest BCUT2D eigenvalue weighted by Crippen LogP contribution is 2.30. The molecule has 0 aliphatic rings. The molecule has 3 aromatic rings. The Morgan fingerprint density at radius 3 is 2.57 bits per heavy atom. The van der Waals surface area contributed by atoms with Crippen LogP contribution in [0.1, 0.15) is 18.7 Å². The smallest absolute Gasteiger partial charge is 0.242 e. The number of rotatable bonds is 4. The number of sulfonamides is 1. The Kier molecular flexibility index (Phi) is 4.38. The fourth-order valence-electron chi connectivity index (χ4n) is 2.26. The lowest BCUT2D eigenvalue weighted by Crippen LogP contribution is -2.26. The predicted molar refractivity (Wildman–Crippen MR) is 91.4 cm³/mol. The molecule has 0 aliphatic heterocycles. The Balaban J connectivity index is 1.92. The highest BCUT2D eigenvalue weighted by molar-refractivity contribution is 7.89. The van der Waals surface area contributed by atoms with Crippen LogP contribution in [0.4, 0.5) is 0 Å². The number of benzene rings is 2. The molecule has 3 rings (SSSR count).